The van der Waals surface area contributed by atoms with Crippen LogP contribution in [0, 0.1) is 0 Å². The molecule has 0 fully saturated rings. The Bertz CT molecular complexity index is 392. The van der Waals surface area contributed by atoms with Crippen LogP contribution in [-0.4, -0.2) is 19.8 Å². The summed E-state index contributed by atoms with van der Waals surface area (Å²) in [6.07, 6.45) is 5.61. The molecule has 1 aliphatic rings. The van der Waals surface area contributed by atoms with Gasteiger partial charge in [-0.1, -0.05) is 25.5 Å². The molecule has 1 aromatic carbocycles. The Morgan fingerprint density at radius 3 is 3.00 bits per heavy atom. The molecule has 2 N–H and O–H groups in total. The molecule has 1 unspecified atom stereocenters. The first-order valence-corrected chi connectivity index (χ1v) is 7.41. The third-order valence-electron chi connectivity index (χ3n) is 3.64. The van der Waals surface area contributed by atoms with E-state index in [4.69, 9.17) is 15.2 Å². The molecular formula is C16H25NO2. The van der Waals surface area contributed by atoms with Crippen molar-refractivity contribution in [3.63, 3.8) is 0 Å². The van der Waals surface area contributed by atoms with E-state index in [9.17, 15) is 0 Å². The first kappa shape index (κ1) is 14.4. The molecule has 0 bridgehead atoms. The van der Waals surface area contributed by atoms with Gasteiger partial charge in [0.05, 0.1) is 6.61 Å². The lowest BCUT2D eigenvalue weighted by Crippen LogP contribution is -2.18. The van der Waals surface area contributed by atoms with Crippen LogP contribution in [0.3, 0.4) is 0 Å². The quantitative estimate of drug-likeness (QED) is 0.768. The highest BCUT2D eigenvalue weighted by Gasteiger charge is 2.19. The number of rotatable bonds is 7. The van der Waals surface area contributed by atoms with Gasteiger partial charge in [0, 0.05) is 12.6 Å². The summed E-state index contributed by atoms with van der Waals surface area (Å²) in [7, 11) is 0. The molecule has 1 atom stereocenters. The number of ether oxygens (including phenoxy) is 2. The number of fused-ring (bicyclic) bond motifs is 1. The highest BCUT2D eigenvalue weighted by Crippen LogP contribution is 2.33. The molecule has 1 aromatic rings. The standard InChI is InChI=1S/C16H25NO2/c1-2-3-10-18-11-12-19-16-9-5-6-13-14(16)7-4-8-15(13)17/h5-6,9,15H,2-4,7-8,10-12,17H2,1H3. The van der Waals surface area contributed by atoms with Crippen LogP contribution in [0.25, 0.3) is 0 Å². The van der Waals surface area contributed by atoms with E-state index in [2.05, 4.69) is 13.0 Å². The molecule has 1 aliphatic carbocycles. The van der Waals surface area contributed by atoms with Crippen molar-refractivity contribution in [3.8, 4) is 5.75 Å². The van der Waals surface area contributed by atoms with Gasteiger partial charge in [-0.3, -0.25) is 0 Å². The maximum atomic E-state index is 6.14. The van der Waals surface area contributed by atoms with E-state index in [1.165, 1.54) is 17.5 Å². The average Bonchev–Trinajstić information content (AvgIpc) is 2.43. The lowest BCUT2D eigenvalue weighted by molar-refractivity contribution is 0.0976. The van der Waals surface area contributed by atoms with Crippen molar-refractivity contribution in [2.75, 3.05) is 19.8 Å². The molecule has 0 aromatic heterocycles. The lowest BCUT2D eigenvalue weighted by Gasteiger charge is -2.24. The summed E-state index contributed by atoms with van der Waals surface area (Å²) in [5.74, 6) is 0.992. The van der Waals surface area contributed by atoms with Crippen LogP contribution in [0.1, 0.15) is 49.8 Å². The molecule has 0 saturated heterocycles. The van der Waals surface area contributed by atoms with Gasteiger partial charge in [-0.05, 0) is 42.9 Å². The maximum Gasteiger partial charge on any atom is 0.122 e. The van der Waals surface area contributed by atoms with E-state index in [1.54, 1.807) is 0 Å². The summed E-state index contributed by atoms with van der Waals surface area (Å²) >= 11 is 0. The molecule has 19 heavy (non-hydrogen) atoms. The summed E-state index contributed by atoms with van der Waals surface area (Å²) < 4.78 is 11.4. The predicted octanol–water partition coefficient (Wildman–Crippen LogP) is 3.22. The number of hydrogen-bond acceptors (Lipinski definition) is 3. The minimum absolute atomic E-state index is 0.174. The van der Waals surface area contributed by atoms with Crippen LogP contribution in [0.15, 0.2) is 18.2 Å². The van der Waals surface area contributed by atoms with Crippen molar-refractivity contribution >= 4 is 0 Å². The third-order valence-corrected chi connectivity index (χ3v) is 3.64. The summed E-state index contributed by atoms with van der Waals surface area (Å²) in [6.45, 7) is 4.28. The van der Waals surface area contributed by atoms with Crippen molar-refractivity contribution in [2.24, 2.45) is 5.73 Å². The van der Waals surface area contributed by atoms with Gasteiger partial charge in [0.2, 0.25) is 0 Å². The van der Waals surface area contributed by atoms with Gasteiger partial charge in [-0.2, -0.15) is 0 Å². The zero-order valence-electron chi connectivity index (χ0n) is 11.9. The van der Waals surface area contributed by atoms with Crippen LogP contribution in [0.4, 0.5) is 0 Å². The second-order valence-electron chi connectivity index (χ2n) is 5.14. The Morgan fingerprint density at radius 2 is 2.16 bits per heavy atom. The Morgan fingerprint density at radius 1 is 1.26 bits per heavy atom. The summed E-state index contributed by atoms with van der Waals surface area (Å²) in [5.41, 5.74) is 8.71. The molecule has 0 heterocycles. The van der Waals surface area contributed by atoms with E-state index in [-0.39, 0.29) is 6.04 Å². The summed E-state index contributed by atoms with van der Waals surface area (Å²) in [4.78, 5) is 0. The SMILES string of the molecule is CCCCOCCOc1cccc2c1CCCC2N. The zero-order valence-corrected chi connectivity index (χ0v) is 11.9. The highest BCUT2D eigenvalue weighted by atomic mass is 16.5. The summed E-state index contributed by atoms with van der Waals surface area (Å²) in [5, 5.41) is 0. The molecular weight excluding hydrogens is 238 g/mol. The Kier molecular flexibility index (Phi) is 5.67. The second-order valence-corrected chi connectivity index (χ2v) is 5.14. The van der Waals surface area contributed by atoms with Gasteiger partial charge >= 0.3 is 0 Å². The molecule has 0 aliphatic heterocycles. The fourth-order valence-corrected chi connectivity index (χ4v) is 2.55. The van der Waals surface area contributed by atoms with E-state index in [0.717, 1.165) is 38.0 Å². The fraction of sp³-hybridized carbons (Fsp3) is 0.625. The van der Waals surface area contributed by atoms with Crippen LogP contribution in [0.5, 0.6) is 5.75 Å². The van der Waals surface area contributed by atoms with Crippen LogP contribution < -0.4 is 10.5 Å². The van der Waals surface area contributed by atoms with E-state index < -0.39 is 0 Å². The van der Waals surface area contributed by atoms with Gasteiger partial charge < -0.3 is 15.2 Å². The minimum atomic E-state index is 0.174. The van der Waals surface area contributed by atoms with Crippen molar-refractivity contribution < 1.29 is 9.47 Å². The number of unbranched alkanes of at least 4 members (excludes halogenated alkanes) is 1. The first-order valence-electron chi connectivity index (χ1n) is 7.41. The average molecular weight is 263 g/mol. The molecule has 0 spiro atoms. The van der Waals surface area contributed by atoms with Crippen LogP contribution in [0.2, 0.25) is 0 Å². The predicted molar refractivity (Wildman–Crippen MR) is 77.5 cm³/mol. The smallest absolute Gasteiger partial charge is 0.122 e. The van der Waals surface area contributed by atoms with E-state index in [1.807, 2.05) is 12.1 Å². The van der Waals surface area contributed by atoms with Gasteiger partial charge in [-0.15, -0.1) is 0 Å². The molecule has 2 rings (SSSR count). The molecule has 0 saturated carbocycles. The number of nitrogens with two attached hydrogens (primary N) is 1. The largest absolute Gasteiger partial charge is 0.491 e. The van der Waals surface area contributed by atoms with Crippen molar-refractivity contribution in [3.05, 3.63) is 29.3 Å². The van der Waals surface area contributed by atoms with Crippen molar-refractivity contribution in [2.45, 2.75) is 45.1 Å². The van der Waals surface area contributed by atoms with Gasteiger partial charge in [-0.25, -0.2) is 0 Å². The fourth-order valence-electron chi connectivity index (χ4n) is 2.55. The van der Waals surface area contributed by atoms with Crippen LogP contribution >= 0.6 is 0 Å². The lowest BCUT2D eigenvalue weighted by atomic mass is 9.88. The van der Waals surface area contributed by atoms with E-state index >= 15 is 0 Å². The van der Waals surface area contributed by atoms with E-state index in [0.29, 0.717) is 13.2 Å². The Labute approximate surface area is 116 Å². The molecule has 106 valence electrons. The molecule has 0 radical (unpaired) electrons. The normalized spacial score (nSPS) is 18.1. The monoisotopic (exact) mass is 263 g/mol. The minimum Gasteiger partial charge on any atom is -0.491 e. The topological polar surface area (TPSA) is 44.5 Å². The Hall–Kier alpha value is -1.06. The number of hydrogen-bond donors (Lipinski definition) is 1. The maximum absolute atomic E-state index is 6.14. The van der Waals surface area contributed by atoms with Crippen molar-refractivity contribution in [1.82, 2.24) is 0 Å². The summed E-state index contributed by atoms with van der Waals surface area (Å²) in [6, 6.07) is 6.39. The second kappa shape index (κ2) is 7.51. The van der Waals surface area contributed by atoms with Crippen LogP contribution in [-0.2, 0) is 11.2 Å². The van der Waals surface area contributed by atoms with Gasteiger partial charge in [0.15, 0.2) is 0 Å². The van der Waals surface area contributed by atoms with Crippen molar-refractivity contribution in [1.29, 1.82) is 0 Å². The molecule has 0 amide bonds. The third kappa shape index (κ3) is 3.95. The zero-order chi connectivity index (χ0) is 13.5. The van der Waals surface area contributed by atoms with Gasteiger partial charge in [0.25, 0.3) is 0 Å². The number of benzene rings is 1. The first-order chi connectivity index (χ1) is 9.33. The molecule has 3 heteroatoms. The Balaban J connectivity index is 1.85. The highest BCUT2D eigenvalue weighted by molar-refractivity contribution is 5.43. The molecule has 3 nitrogen and oxygen atoms in total. The van der Waals surface area contributed by atoms with Gasteiger partial charge in [0.1, 0.15) is 12.4 Å².